The van der Waals surface area contributed by atoms with Crippen LogP contribution in [0.1, 0.15) is 51.0 Å². The number of rotatable bonds is 8. The summed E-state index contributed by atoms with van der Waals surface area (Å²) in [6, 6.07) is 0.477. The summed E-state index contributed by atoms with van der Waals surface area (Å²) in [7, 11) is 1.40. The number of carbonyl (C=O) groups is 3. The molecule has 0 radical (unpaired) electrons. The number of aromatic nitrogens is 1. The average Bonchev–Trinajstić information content (AvgIpc) is 2.79. The van der Waals surface area contributed by atoms with E-state index < -0.39 is 30.7 Å². The highest BCUT2D eigenvalue weighted by Crippen LogP contribution is 2.30. The van der Waals surface area contributed by atoms with Crippen LogP contribution < -0.4 is 14.8 Å². The van der Waals surface area contributed by atoms with Crippen LogP contribution in [-0.4, -0.2) is 62.1 Å². The molecule has 1 N–H and O–H groups in total. The second-order valence-electron chi connectivity index (χ2n) is 8.01. The van der Waals surface area contributed by atoms with E-state index in [1.165, 1.54) is 26.3 Å². The van der Waals surface area contributed by atoms with Crippen LogP contribution in [0.15, 0.2) is 12.3 Å². The normalized spacial score (nSPS) is 21.6. The van der Waals surface area contributed by atoms with Gasteiger partial charge in [-0.25, -0.2) is 9.78 Å². The van der Waals surface area contributed by atoms with Gasteiger partial charge in [0.15, 0.2) is 23.2 Å². The quantitative estimate of drug-likeness (QED) is 0.467. The SMILES string of the molecule is COc1ccnc(C(=O)N[C@H]2COCC[C@@H](CC(C)C)[C@H](C)OC2=O)c1OCOC(C)=O. The summed E-state index contributed by atoms with van der Waals surface area (Å²) in [5.41, 5.74) is -0.130. The number of nitrogens with zero attached hydrogens (tertiary/aromatic N) is 1. The molecule has 0 unspecified atom stereocenters. The molecule has 178 valence electrons. The van der Waals surface area contributed by atoms with Gasteiger partial charge in [0.25, 0.3) is 5.91 Å². The topological polar surface area (TPSA) is 122 Å². The maximum atomic E-state index is 12.9. The van der Waals surface area contributed by atoms with E-state index in [4.69, 9.17) is 23.7 Å². The van der Waals surface area contributed by atoms with Crippen molar-refractivity contribution in [3.63, 3.8) is 0 Å². The van der Waals surface area contributed by atoms with Gasteiger partial charge in [-0.2, -0.15) is 0 Å². The number of esters is 2. The van der Waals surface area contributed by atoms with E-state index in [0.717, 1.165) is 12.8 Å². The molecule has 1 aliphatic heterocycles. The van der Waals surface area contributed by atoms with E-state index in [9.17, 15) is 14.4 Å². The van der Waals surface area contributed by atoms with Crippen molar-refractivity contribution in [1.29, 1.82) is 0 Å². The third kappa shape index (κ3) is 7.37. The molecule has 0 aliphatic carbocycles. The van der Waals surface area contributed by atoms with Gasteiger partial charge < -0.3 is 29.0 Å². The summed E-state index contributed by atoms with van der Waals surface area (Å²) in [4.78, 5) is 40.7. The Morgan fingerprint density at radius 1 is 1.34 bits per heavy atom. The van der Waals surface area contributed by atoms with Crippen molar-refractivity contribution >= 4 is 17.8 Å². The monoisotopic (exact) mass is 452 g/mol. The highest BCUT2D eigenvalue weighted by molar-refractivity contribution is 5.98. The molecule has 2 heterocycles. The zero-order valence-electron chi connectivity index (χ0n) is 19.2. The number of methoxy groups -OCH3 is 1. The minimum Gasteiger partial charge on any atom is -0.493 e. The maximum absolute atomic E-state index is 12.9. The average molecular weight is 453 g/mol. The summed E-state index contributed by atoms with van der Waals surface area (Å²) in [5.74, 6) is -0.970. The zero-order chi connectivity index (χ0) is 23.7. The van der Waals surface area contributed by atoms with Gasteiger partial charge in [0, 0.05) is 25.8 Å². The van der Waals surface area contributed by atoms with Gasteiger partial charge in [0.1, 0.15) is 6.10 Å². The number of pyridine rings is 1. The number of hydrogen-bond acceptors (Lipinski definition) is 9. The molecule has 1 aromatic heterocycles. The first-order chi connectivity index (χ1) is 15.2. The van der Waals surface area contributed by atoms with Crippen LogP contribution in [0.2, 0.25) is 0 Å². The number of amides is 1. The summed E-state index contributed by atoms with van der Waals surface area (Å²) >= 11 is 0. The van der Waals surface area contributed by atoms with Gasteiger partial charge in [-0.15, -0.1) is 0 Å². The van der Waals surface area contributed by atoms with Crippen LogP contribution in [0.5, 0.6) is 11.5 Å². The standard InChI is InChI=1S/C22H32N2O8/c1-13(2)10-16-7-9-29-11-17(22(27)32-14(16)3)24-21(26)19-20(31-12-30-15(4)25)18(28-5)6-8-23-19/h6,8,13-14,16-17H,7,9-12H2,1-5H3,(H,24,26)/t14-,16-,17-/m0/s1. The van der Waals surface area contributed by atoms with Gasteiger partial charge in [-0.3, -0.25) is 9.59 Å². The van der Waals surface area contributed by atoms with E-state index in [-0.39, 0.29) is 35.8 Å². The Labute approximate surface area is 187 Å². The van der Waals surface area contributed by atoms with Crippen LogP contribution in [0, 0.1) is 11.8 Å². The lowest BCUT2D eigenvalue weighted by Gasteiger charge is -2.25. The fraction of sp³-hybridized carbons (Fsp3) is 0.636. The third-order valence-electron chi connectivity index (χ3n) is 5.02. The molecule has 1 aromatic rings. The first-order valence-corrected chi connectivity index (χ1v) is 10.6. The van der Waals surface area contributed by atoms with Gasteiger partial charge >= 0.3 is 11.9 Å². The Morgan fingerprint density at radius 2 is 2.09 bits per heavy atom. The lowest BCUT2D eigenvalue weighted by molar-refractivity contribution is -0.153. The number of carbonyl (C=O) groups excluding carboxylic acids is 3. The number of ether oxygens (including phenoxy) is 5. The molecule has 2 rings (SSSR count). The van der Waals surface area contributed by atoms with Crippen LogP contribution >= 0.6 is 0 Å². The molecule has 1 fully saturated rings. The summed E-state index contributed by atoms with van der Waals surface area (Å²) < 4.78 is 26.7. The maximum Gasteiger partial charge on any atom is 0.331 e. The molecular formula is C22H32N2O8. The molecule has 3 atom stereocenters. The van der Waals surface area contributed by atoms with Crippen molar-refractivity contribution in [3.8, 4) is 11.5 Å². The minimum atomic E-state index is -1.02. The Bertz CT molecular complexity index is 798. The van der Waals surface area contributed by atoms with E-state index >= 15 is 0 Å². The Morgan fingerprint density at radius 3 is 2.75 bits per heavy atom. The Hall–Kier alpha value is -2.88. The first kappa shape index (κ1) is 25.4. The van der Waals surface area contributed by atoms with E-state index in [1.807, 2.05) is 6.92 Å². The minimum absolute atomic E-state index is 0.0172. The summed E-state index contributed by atoms with van der Waals surface area (Å²) in [5, 5.41) is 2.60. The molecule has 1 aliphatic rings. The van der Waals surface area contributed by atoms with Gasteiger partial charge in [-0.1, -0.05) is 13.8 Å². The molecule has 10 heteroatoms. The van der Waals surface area contributed by atoms with Crippen molar-refractivity contribution in [1.82, 2.24) is 10.3 Å². The lowest BCUT2D eigenvalue weighted by atomic mass is 9.90. The van der Waals surface area contributed by atoms with Crippen molar-refractivity contribution < 1.29 is 38.1 Å². The molecule has 1 saturated heterocycles. The largest absolute Gasteiger partial charge is 0.493 e. The van der Waals surface area contributed by atoms with Gasteiger partial charge in [-0.05, 0) is 31.6 Å². The molecule has 0 bridgehead atoms. The van der Waals surface area contributed by atoms with Gasteiger partial charge in [0.05, 0.1) is 13.7 Å². The predicted octanol–water partition coefficient (Wildman–Crippen LogP) is 2.10. The van der Waals surface area contributed by atoms with E-state index in [1.54, 1.807) is 0 Å². The summed E-state index contributed by atoms with van der Waals surface area (Å²) in [6.45, 7) is 7.33. The number of nitrogens with one attached hydrogen (secondary N) is 1. The van der Waals surface area contributed by atoms with E-state index in [0.29, 0.717) is 12.5 Å². The Kier molecular flexibility index (Phi) is 9.70. The van der Waals surface area contributed by atoms with Crippen molar-refractivity contribution in [3.05, 3.63) is 18.0 Å². The third-order valence-corrected chi connectivity index (χ3v) is 5.02. The second-order valence-corrected chi connectivity index (χ2v) is 8.01. The van der Waals surface area contributed by atoms with Crippen molar-refractivity contribution in [2.45, 2.75) is 52.7 Å². The molecule has 0 aromatic carbocycles. The highest BCUT2D eigenvalue weighted by atomic mass is 16.7. The number of cyclic esters (lactones) is 1. The lowest BCUT2D eigenvalue weighted by Crippen LogP contribution is -2.46. The summed E-state index contributed by atoms with van der Waals surface area (Å²) in [6.07, 6.45) is 2.73. The number of hydrogen-bond donors (Lipinski definition) is 1. The van der Waals surface area contributed by atoms with Gasteiger partial charge in [0.2, 0.25) is 6.79 Å². The fourth-order valence-electron chi connectivity index (χ4n) is 3.41. The van der Waals surface area contributed by atoms with E-state index in [2.05, 4.69) is 24.1 Å². The molecular weight excluding hydrogens is 420 g/mol. The van der Waals surface area contributed by atoms with Crippen LogP contribution in [0.4, 0.5) is 0 Å². The fourth-order valence-corrected chi connectivity index (χ4v) is 3.41. The van der Waals surface area contributed by atoms with Crippen LogP contribution in [0.25, 0.3) is 0 Å². The van der Waals surface area contributed by atoms with Crippen molar-refractivity contribution in [2.24, 2.45) is 11.8 Å². The highest BCUT2D eigenvalue weighted by Gasteiger charge is 2.31. The molecule has 10 nitrogen and oxygen atoms in total. The molecule has 1 amide bonds. The molecule has 32 heavy (non-hydrogen) atoms. The Balaban J connectivity index is 2.15. The van der Waals surface area contributed by atoms with Crippen LogP contribution in [0.3, 0.4) is 0 Å². The molecule has 0 saturated carbocycles. The zero-order valence-corrected chi connectivity index (χ0v) is 19.2. The first-order valence-electron chi connectivity index (χ1n) is 10.6. The second kappa shape index (κ2) is 12.2. The predicted molar refractivity (Wildman–Crippen MR) is 113 cm³/mol. The van der Waals surface area contributed by atoms with Crippen LogP contribution in [-0.2, 0) is 23.8 Å². The van der Waals surface area contributed by atoms with Crippen molar-refractivity contribution in [2.75, 3.05) is 27.1 Å². The smallest absolute Gasteiger partial charge is 0.331 e. The molecule has 0 spiro atoms.